The second-order valence-corrected chi connectivity index (χ2v) is 8.18. The van der Waals surface area contributed by atoms with Crippen LogP contribution in [0.2, 0.25) is 0 Å². The summed E-state index contributed by atoms with van der Waals surface area (Å²) in [7, 11) is -3.71. The van der Waals surface area contributed by atoms with E-state index in [1.807, 2.05) is 12.1 Å². The lowest BCUT2D eigenvalue weighted by molar-refractivity contribution is 0.585. The zero-order valence-corrected chi connectivity index (χ0v) is 16.1. The van der Waals surface area contributed by atoms with Gasteiger partial charge < -0.3 is 0 Å². The second-order valence-electron chi connectivity index (χ2n) is 6.50. The fourth-order valence-electron chi connectivity index (χ4n) is 2.73. The van der Waals surface area contributed by atoms with Crippen LogP contribution in [0.4, 0.5) is 10.1 Å². The number of halogens is 1. The highest BCUT2D eigenvalue weighted by molar-refractivity contribution is 7.92. The minimum absolute atomic E-state index is 0.191. The van der Waals surface area contributed by atoms with Gasteiger partial charge in [0.05, 0.1) is 23.3 Å². The third-order valence-electron chi connectivity index (χ3n) is 4.55. The lowest BCUT2D eigenvalue weighted by atomic mass is 9.99. The highest BCUT2D eigenvalue weighted by Gasteiger charge is 2.16. The van der Waals surface area contributed by atoms with Crippen LogP contribution in [0.3, 0.4) is 0 Å². The SMILES string of the molecule is CCC(C)c1ccc(S(=O)(=O)Nc2cnn(Cc3ccccc3F)c2)cc1. The number of hydrogen-bond acceptors (Lipinski definition) is 3. The van der Waals surface area contributed by atoms with Gasteiger partial charge in [-0.1, -0.05) is 44.2 Å². The van der Waals surface area contributed by atoms with Crippen molar-refractivity contribution in [3.8, 4) is 0 Å². The minimum Gasteiger partial charge on any atom is -0.276 e. The molecule has 7 heteroatoms. The first kappa shape index (κ1) is 19.1. The zero-order valence-electron chi connectivity index (χ0n) is 15.3. The van der Waals surface area contributed by atoms with Gasteiger partial charge in [0, 0.05) is 11.8 Å². The topological polar surface area (TPSA) is 64.0 Å². The molecule has 1 aromatic heterocycles. The monoisotopic (exact) mass is 387 g/mol. The lowest BCUT2D eigenvalue weighted by Gasteiger charge is -2.10. The fraction of sp³-hybridized carbons (Fsp3) is 0.250. The van der Waals surface area contributed by atoms with E-state index < -0.39 is 10.0 Å². The molecule has 142 valence electrons. The van der Waals surface area contributed by atoms with Gasteiger partial charge in [-0.2, -0.15) is 5.10 Å². The Balaban J connectivity index is 1.73. The molecule has 0 spiro atoms. The second kappa shape index (κ2) is 7.92. The quantitative estimate of drug-likeness (QED) is 0.654. The number of anilines is 1. The zero-order chi connectivity index (χ0) is 19.4. The molecule has 0 aliphatic rings. The maximum Gasteiger partial charge on any atom is 0.261 e. The van der Waals surface area contributed by atoms with E-state index >= 15 is 0 Å². The normalized spacial score (nSPS) is 12.7. The van der Waals surface area contributed by atoms with Gasteiger partial charge in [-0.15, -0.1) is 0 Å². The van der Waals surface area contributed by atoms with Crippen molar-refractivity contribution in [2.24, 2.45) is 0 Å². The lowest BCUT2D eigenvalue weighted by Crippen LogP contribution is -2.12. The van der Waals surface area contributed by atoms with Gasteiger partial charge in [0.25, 0.3) is 10.0 Å². The number of rotatable bonds is 7. The van der Waals surface area contributed by atoms with Gasteiger partial charge in [-0.25, -0.2) is 12.8 Å². The average Bonchev–Trinajstić information content (AvgIpc) is 3.09. The van der Waals surface area contributed by atoms with Crippen molar-refractivity contribution in [1.29, 1.82) is 0 Å². The summed E-state index contributed by atoms with van der Waals surface area (Å²) in [5.74, 6) is 0.0582. The van der Waals surface area contributed by atoms with Gasteiger partial charge in [0.15, 0.2) is 0 Å². The van der Waals surface area contributed by atoms with Crippen LogP contribution in [0.1, 0.15) is 37.3 Å². The molecule has 0 fully saturated rings. The molecule has 0 radical (unpaired) electrons. The summed E-state index contributed by atoms with van der Waals surface area (Å²) in [6, 6.07) is 13.3. The summed E-state index contributed by atoms with van der Waals surface area (Å²) >= 11 is 0. The van der Waals surface area contributed by atoms with Crippen molar-refractivity contribution in [2.75, 3.05) is 4.72 Å². The van der Waals surface area contributed by atoms with E-state index in [4.69, 9.17) is 0 Å². The molecule has 0 saturated heterocycles. The Labute approximate surface area is 158 Å². The molecule has 1 unspecified atom stereocenters. The van der Waals surface area contributed by atoms with E-state index in [-0.39, 0.29) is 17.3 Å². The molecule has 27 heavy (non-hydrogen) atoms. The van der Waals surface area contributed by atoms with Crippen LogP contribution in [-0.2, 0) is 16.6 Å². The smallest absolute Gasteiger partial charge is 0.261 e. The Kier molecular flexibility index (Phi) is 5.60. The van der Waals surface area contributed by atoms with Crippen molar-refractivity contribution in [1.82, 2.24) is 9.78 Å². The Morgan fingerprint density at radius 1 is 1.15 bits per heavy atom. The van der Waals surface area contributed by atoms with Crippen molar-refractivity contribution >= 4 is 15.7 Å². The standard InChI is InChI=1S/C20H22FN3O2S/c1-3-15(2)16-8-10-19(11-9-16)27(25,26)23-18-12-22-24(14-18)13-17-6-4-5-7-20(17)21/h4-12,14-15,23H,3,13H2,1-2H3. The summed E-state index contributed by atoms with van der Waals surface area (Å²) in [5.41, 5.74) is 1.92. The average molecular weight is 387 g/mol. The molecule has 1 N–H and O–H groups in total. The van der Waals surface area contributed by atoms with Crippen LogP contribution < -0.4 is 4.72 Å². The van der Waals surface area contributed by atoms with Gasteiger partial charge in [-0.05, 0) is 36.1 Å². The van der Waals surface area contributed by atoms with E-state index in [0.717, 1.165) is 12.0 Å². The first-order chi connectivity index (χ1) is 12.9. The Morgan fingerprint density at radius 3 is 2.52 bits per heavy atom. The van der Waals surface area contributed by atoms with Crippen LogP contribution in [0.5, 0.6) is 0 Å². The van der Waals surface area contributed by atoms with Gasteiger partial charge >= 0.3 is 0 Å². The number of nitrogens with one attached hydrogen (secondary N) is 1. The van der Waals surface area contributed by atoms with Crippen LogP contribution in [0, 0.1) is 5.82 Å². The number of sulfonamides is 1. The summed E-state index contributed by atoms with van der Waals surface area (Å²) in [6.45, 7) is 4.42. The predicted molar refractivity (Wildman–Crippen MR) is 104 cm³/mol. The number of hydrogen-bond donors (Lipinski definition) is 1. The molecule has 0 aliphatic carbocycles. The van der Waals surface area contributed by atoms with Crippen LogP contribution in [0.25, 0.3) is 0 Å². The number of aromatic nitrogens is 2. The maximum atomic E-state index is 13.7. The highest BCUT2D eigenvalue weighted by Crippen LogP contribution is 2.22. The van der Waals surface area contributed by atoms with Gasteiger partial charge in [0.2, 0.25) is 0 Å². The summed E-state index contributed by atoms with van der Waals surface area (Å²) in [4.78, 5) is 0.191. The van der Waals surface area contributed by atoms with Crippen molar-refractivity contribution in [2.45, 2.75) is 37.6 Å². The van der Waals surface area contributed by atoms with Crippen LogP contribution >= 0.6 is 0 Å². The van der Waals surface area contributed by atoms with E-state index in [1.54, 1.807) is 30.3 Å². The fourth-order valence-corrected chi connectivity index (χ4v) is 3.76. The first-order valence-electron chi connectivity index (χ1n) is 8.77. The Morgan fingerprint density at radius 2 is 1.85 bits per heavy atom. The Bertz CT molecular complexity index is 1010. The molecule has 3 rings (SSSR count). The summed E-state index contributed by atoms with van der Waals surface area (Å²) in [6.07, 6.45) is 3.94. The van der Waals surface area contributed by atoms with Crippen LogP contribution in [0.15, 0.2) is 65.8 Å². The molecule has 0 bridgehead atoms. The summed E-state index contributed by atoms with van der Waals surface area (Å²) in [5, 5.41) is 4.10. The molecule has 5 nitrogen and oxygen atoms in total. The first-order valence-corrected chi connectivity index (χ1v) is 10.3. The molecule has 1 atom stereocenters. The molecule has 0 amide bonds. The molecule has 0 aliphatic heterocycles. The third kappa shape index (κ3) is 4.54. The van der Waals surface area contributed by atoms with E-state index in [2.05, 4.69) is 23.7 Å². The van der Waals surface area contributed by atoms with Crippen molar-refractivity contribution in [3.63, 3.8) is 0 Å². The molecule has 2 aromatic carbocycles. The molecule has 1 heterocycles. The highest BCUT2D eigenvalue weighted by atomic mass is 32.2. The maximum absolute atomic E-state index is 13.7. The molecule has 3 aromatic rings. The predicted octanol–water partition coefficient (Wildman–Crippen LogP) is 4.38. The van der Waals surface area contributed by atoms with E-state index in [1.165, 1.54) is 23.1 Å². The Hall–Kier alpha value is -2.67. The molecule has 0 saturated carbocycles. The largest absolute Gasteiger partial charge is 0.276 e. The van der Waals surface area contributed by atoms with Crippen molar-refractivity contribution in [3.05, 3.63) is 77.9 Å². The molecular weight excluding hydrogens is 365 g/mol. The van der Waals surface area contributed by atoms with Gasteiger partial charge in [-0.3, -0.25) is 9.40 Å². The van der Waals surface area contributed by atoms with Crippen LogP contribution in [-0.4, -0.2) is 18.2 Å². The number of benzene rings is 2. The summed E-state index contributed by atoms with van der Waals surface area (Å²) < 4.78 is 42.9. The van der Waals surface area contributed by atoms with E-state index in [0.29, 0.717) is 17.2 Å². The minimum atomic E-state index is -3.71. The van der Waals surface area contributed by atoms with Crippen molar-refractivity contribution < 1.29 is 12.8 Å². The van der Waals surface area contributed by atoms with Gasteiger partial charge in [0.1, 0.15) is 5.82 Å². The van der Waals surface area contributed by atoms with E-state index in [9.17, 15) is 12.8 Å². The third-order valence-corrected chi connectivity index (χ3v) is 5.94. The number of nitrogens with zero attached hydrogens (tertiary/aromatic N) is 2. The molecular formula is C20H22FN3O2S.